The molecule has 6 nitrogen and oxygen atoms in total. The van der Waals surface area contributed by atoms with Crippen molar-refractivity contribution in [3.8, 4) is 12.3 Å². The van der Waals surface area contributed by atoms with Crippen LogP contribution in [0.4, 0.5) is 5.69 Å². The van der Waals surface area contributed by atoms with Gasteiger partial charge in [-0.1, -0.05) is 37.8 Å². The van der Waals surface area contributed by atoms with Crippen molar-refractivity contribution < 1.29 is 4.79 Å². The molecule has 1 heterocycles. The number of anilines is 1. The van der Waals surface area contributed by atoms with Crippen LogP contribution in [0.5, 0.6) is 0 Å². The lowest BCUT2D eigenvalue weighted by atomic mass is 9.97. The second-order valence-corrected chi connectivity index (χ2v) is 8.08. The third-order valence-electron chi connectivity index (χ3n) is 5.76. The predicted octanol–water partition coefficient (Wildman–Crippen LogP) is 4.52. The zero-order chi connectivity index (χ0) is 24.2. The zero-order valence-corrected chi connectivity index (χ0v) is 19.5. The third kappa shape index (κ3) is 7.15. The molecule has 1 fully saturated rings. The molecule has 1 atom stereocenters. The number of aldehydes is 1. The smallest absolute Gasteiger partial charge is 0.150 e. The number of unbranched alkanes of at least 4 members (excludes halogenated alkanes) is 2. The molecule has 0 amide bonds. The Labute approximate surface area is 198 Å². The van der Waals surface area contributed by atoms with E-state index < -0.39 is 0 Å². The maximum Gasteiger partial charge on any atom is 0.150 e. The summed E-state index contributed by atoms with van der Waals surface area (Å²) in [4.78, 5) is 13.9. The Morgan fingerprint density at radius 2 is 2.09 bits per heavy atom. The van der Waals surface area contributed by atoms with E-state index in [-0.39, 0.29) is 6.04 Å². The minimum Gasteiger partial charge on any atom is -0.390 e. The number of hydrogen-bond acceptors (Lipinski definition) is 6. The van der Waals surface area contributed by atoms with Gasteiger partial charge in [-0.25, -0.2) is 0 Å². The van der Waals surface area contributed by atoms with Crippen LogP contribution in [-0.4, -0.2) is 43.6 Å². The van der Waals surface area contributed by atoms with Crippen molar-refractivity contribution in [1.29, 1.82) is 5.41 Å². The average Bonchev–Trinajstić information content (AvgIpc) is 2.82. The summed E-state index contributed by atoms with van der Waals surface area (Å²) in [5.41, 5.74) is 5.53. The third-order valence-corrected chi connectivity index (χ3v) is 5.76. The van der Waals surface area contributed by atoms with Gasteiger partial charge in [0.05, 0.1) is 11.6 Å². The average molecular weight is 446 g/mol. The van der Waals surface area contributed by atoms with E-state index in [0.717, 1.165) is 86.0 Å². The van der Waals surface area contributed by atoms with E-state index in [0.29, 0.717) is 11.1 Å². The fourth-order valence-electron chi connectivity index (χ4n) is 3.85. The first kappa shape index (κ1) is 25.5. The number of rotatable bonds is 13. The lowest BCUT2D eigenvalue weighted by Gasteiger charge is -2.37. The summed E-state index contributed by atoms with van der Waals surface area (Å²) in [6.45, 7) is 14.1. The van der Waals surface area contributed by atoms with E-state index in [4.69, 9.17) is 11.8 Å². The number of likely N-dealkylation sites (N-methyl/N-ethyl adjacent to an activating group) is 1. The number of benzene rings is 1. The van der Waals surface area contributed by atoms with Crippen LogP contribution in [0, 0.1) is 17.8 Å². The van der Waals surface area contributed by atoms with Crippen LogP contribution in [-0.2, 0) is 0 Å². The van der Waals surface area contributed by atoms with Crippen molar-refractivity contribution in [3.63, 3.8) is 0 Å². The fraction of sp³-hybridized carbons (Fsp3) is 0.333. The van der Waals surface area contributed by atoms with Crippen LogP contribution in [0.15, 0.2) is 61.1 Å². The van der Waals surface area contributed by atoms with Gasteiger partial charge in [0.15, 0.2) is 6.29 Å². The first-order chi connectivity index (χ1) is 15.9. The SMILES string of the molecule is C#C/C(C=N)=C/NCCCCCNc1cccc(C=O)c1C(=C)N(C)C1CCC(=C)NC1=C. The minimum absolute atomic E-state index is 0.0831. The summed E-state index contributed by atoms with van der Waals surface area (Å²) < 4.78 is 0. The van der Waals surface area contributed by atoms with Gasteiger partial charge in [0.1, 0.15) is 0 Å². The van der Waals surface area contributed by atoms with Crippen molar-refractivity contribution in [2.45, 2.75) is 38.1 Å². The Hall–Kier alpha value is -3.72. The Balaban J connectivity index is 1.96. The van der Waals surface area contributed by atoms with Gasteiger partial charge in [0, 0.05) is 66.5 Å². The van der Waals surface area contributed by atoms with Crippen LogP contribution >= 0.6 is 0 Å². The maximum atomic E-state index is 11.8. The number of allylic oxidation sites excluding steroid dienone is 2. The molecule has 1 aliphatic heterocycles. The first-order valence-corrected chi connectivity index (χ1v) is 11.2. The minimum atomic E-state index is 0.0831. The lowest BCUT2D eigenvalue weighted by Crippen LogP contribution is -2.40. The van der Waals surface area contributed by atoms with Crippen LogP contribution in [0.3, 0.4) is 0 Å². The van der Waals surface area contributed by atoms with Crippen molar-refractivity contribution >= 4 is 23.9 Å². The van der Waals surface area contributed by atoms with Crippen LogP contribution < -0.4 is 16.0 Å². The van der Waals surface area contributed by atoms with Gasteiger partial charge in [-0.3, -0.25) is 4.79 Å². The van der Waals surface area contributed by atoms with Gasteiger partial charge < -0.3 is 26.3 Å². The van der Waals surface area contributed by atoms with Crippen molar-refractivity contribution in [3.05, 3.63) is 72.2 Å². The number of terminal acetylenes is 1. The zero-order valence-electron chi connectivity index (χ0n) is 19.5. The van der Waals surface area contributed by atoms with Crippen LogP contribution in [0.2, 0.25) is 0 Å². The molecule has 33 heavy (non-hydrogen) atoms. The molecular formula is C27H35N5O. The number of nitrogens with one attached hydrogen (secondary N) is 4. The Morgan fingerprint density at radius 3 is 2.76 bits per heavy atom. The number of nitrogens with zero attached hydrogens (tertiary/aromatic N) is 1. The molecule has 1 saturated heterocycles. The lowest BCUT2D eigenvalue weighted by molar-refractivity contribution is 0.112. The largest absolute Gasteiger partial charge is 0.390 e. The molecule has 0 spiro atoms. The fourth-order valence-corrected chi connectivity index (χ4v) is 3.85. The molecule has 174 valence electrons. The van der Waals surface area contributed by atoms with E-state index in [2.05, 4.69) is 46.5 Å². The molecule has 0 aromatic heterocycles. The molecule has 1 aromatic rings. The van der Waals surface area contributed by atoms with Gasteiger partial charge in [-0.2, -0.15) is 0 Å². The number of carbonyl (C=O) groups excluding carboxylic acids is 1. The van der Waals surface area contributed by atoms with E-state index in [1.165, 1.54) is 0 Å². The van der Waals surface area contributed by atoms with E-state index in [1.807, 2.05) is 25.2 Å². The highest BCUT2D eigenvalue weighted by Gasteiger charge is 2.26. The van der Waals surface area contributed by atoms with Crippen LogP contribution in [0.1, 0.15) is 48.0 Å². The van der Waals surface area contributed by atoms with Crippen molar-refractivity contribution in [2.75, 3.05) is 25.5 Å². The molecule has 0 radical (unpaired) electrons. The number of carbonyl (C=O) groups is 1. The molecule has 0 saturated carbocycles. The second-order valence-electron chi connectivity index (χ2n) is 8.08. The van der Waals surface area contributed by atoms with Gasteiger partial charge >= 0.3 is 0 Å². The number of hydrogen-bond donors (Lipinski definition) is 4. The molecule has 6 heteroatoms. The summed E-state index contributed by atoms with van der Waals surface area (Å²) in [5.74, 6) is 2.44. The molecule has 0 bridgehead atoms. The van der Waals surface area contributed by atoms with Gasteiger partial charge in [0.25, 0.3) is 0 Å². The summed E-state index contributed by atoms with van der Waals surface area (Å²) in [7, 11) is 1.99. The van der Waals surface area contributed by atoms with Crippen molar-refractivity contribution in [1.82, 2.24) is 15.5 Å². The normalized spacial score (nSPS) is 15.8. The van der Waals surface area contributed by atoms with E-state index >= 15 is 0 Å². The van der Waals surface area contributed by atoms with E-state index in [1.54, 1.807) is 6.20 Å². The molecule has 2 rings (SSSR count). The molecule has 4 N–H and O–H groups in total. The Kier molecular flexibility index (Phi) is 10.0. The van der Waals surface area contributed by atoms with Crippen LogP contribution in [0.25, 0.3) is 5.70 Å². The molecular weight excluding hydrogens is 410 g/mol. The highest BCUT2D eigenvalue weighted by atomic mass is 16.1. The Bertz CT molecular complexity index is 969. The summed E-state index contributed by atoms with van der Waals surface area (Å²) >= 11 is 0. The second kappa shape index (κ2) is 13.0. The van der Waals surface area contributed by atoms with E-state index in [9.17, 15) is 4.79 Å². The molecule has 0 aliphatic carbocycles. The van der Waals surface area contributed by atoms with Gasteiger partial charge in [-0.15, -0.1) is 6.42 Å². The molecule has 1 aromatic carbocycles. The standard InChI is InChI=1S/C27H35N5O/c1-6-23(17-28)18-29-15-8-7-9-16-30-25-12-10-11-24(19-33)27(25)22(4)32(5)26-14-13-20(2)31-21(26)3/h1,10-12,17-19,26,28-31H,2-4,7-9,13-16H2,5H3/b23-18-,28-17?. The highest BCUT2D eigenvalue weighted by molar-refractivity contribution is 5.90. The highest BCUT2D eigenvalue weighted by Crippen LogP contribution is 2.32. The maximum absolute atomic E-state index is 11.8. The quantitative estimate of drug-likeness (QED) is 0.155. The predicted molar refractivity (Wildman–Crippen MR) is 139 cm³/mol. The Morgan fingerprint density at radius 1 is 1.33 bits per heavy atom. The summed E-state index contributed by atoms with van der Waals surface area (Å²) in [6, 6.07) is 5.78. The molecule has 1 unspecified atom stereocenters. The summed E-state index contributed by atoms with van der Waals surface area (Å²) in [5, 5.41) is 17.0. The number of piperidine rings is 1. The van der Waals surface area contributed by atoms with Gasteiger partial charge in [0.2, 0.25) is 0 Å². The monoisotopic (exact) mass is 445 g/mol. The van der Waals surface area contributed by atoms with Gasteiger partial charge in [-0.05, 0) is 38.2 Å². The van der Waals surface area contributed by atoms with Crippen molar-refractivity contribution in [2.24, 2.45) is 0 Å². The topological polar surface area (TPSA) is 80.2 Å². The molecule has 1 aliphatic rings. The first-order valence-electron chi connectivity index (χ1n) is 11.2. The summed E-state index contributed by atoms with van der Waals surface area (Å²) in [6.07, 6.45) is 13.8.